The molecule has 9 heteroatoms. The summed E-state index contributed by atoms with van der Waals surface area (Å²) >= 11 is 0. The summed E-state index contributed by atoms with van der Waals surface area (Å²) in [5.41, 5.74) is 1.51. The molecule has 0 radical (unpaired) electrons. The average Bonchev–Trinajstić information content (AvgIpc) is 3.32. The van der Waals surface area contributed by atoms with E-state index in [2.05, 4.69) is 14.9 Å². The Morgan fingerprint density at radius 2 is 1.89 bits per heavy atom. The lowest BCUT2D eigenvalue weighted by Gasteiger charge is -2.16. The Labute approximate surface area is 163 Å². The molecule has 3 heterocycles. The van der Waals surface area contributed by atoms with Gasteiger partial charge in [0.2, 0.25) is 15.9 Å². The zero-order chi connectivity index (χ0) is 19.6. The number of hydrogen-bond acceptors (Lipinski definition) is 5. The van der Waals surface area contributed by atoms with Crippen LogP contribution in [0, 0.1) is 0 Å². The Hall–Kier alpha value is -2.78. The lowest BCUT2D eigenvalue weighted by molar-refractivity contribution is -0.117. The van der Waals surface area contributed by atoms with Gasteiger partial charge in [0.15, 0.2) is 5.65 Å². The number of benzene rings is 1. The maximum atomic E-state index is 12.5. The molecule has 0 aliphatic carbocycles. The predicted molar refractivity (Wildman–Crippen MR) is 105 cm³/mol. The molecule has 1 aromatic carbocycles. The fourth-order valence-corrected chi connectivity index (χ4v) is 4.40. The Balaban J connectivity index is 1.34. The average molecular weight is 399 g/mol. The van der Waals surface area contributed by atoms with Crippen molar-refractivity contribution in [3.05, 3.63) is 54.5 Å². The number of carbonyl (C=O) groups excluding carboxylic acids is 1. The van der Waals surface area contributed by atoms with Crippen LogP contribution < -0.4 is 9.62 Å². The number of rotatable bonds is 7. The Kier molecular flexibility index (Phi) is 5.10. The topological polar surface area (TPSA) is 96.7 Å². The molecule has 4 rings (SSSR count). The zero-order valence-corrected chi connectivity index (χ0v) is 16.1. The van der Waals surface area contributed by atoms with Gasteiger partial charge in [-0.1, -0.05) is 6.07 Å². The summed E-state index contributed by atoms with van der Waals surface area (Å²) in [7, 11) is -3.59. The van der Waals surface area contributed by atoms with E-state index < -0.39 is 10.0 Å². The van der Waals surface area contributed by atoms with Crippen LogP contribution in [0.25, 0.3) is 5.65 Å². The van der Waals surface area contributed by atoms with Crippen LogP contribution in [0.15, 0.2) is 53.6 Å². The molecule has 0 bridgehead atoms. The molecule has 0 atom stereocenters. The molecular weight excluding hydrogens is 378 g/mol. The van der Waals surface area contributed by atoms with Gasteiger partial charge < -0.3 is 4.90 Å². The third-order valence-electron chi connectivity index (χ3n) is 4.79. The number of pyridine rings is 1. The molecule has 3 aromatic rings. The summed E-state index contributed by atoms with van der Waals surface area (Å²) in [5, 5.41) is 8.23. The molecule has 1 N–H and O–H groups in total. The van der Waals surface area contributed by atoms with E-state index in [-0.39, 0.29) is 10.8 Å². The summed E-state index contributed by atoms with van der Waals surface area (Å²) in [4.78, 5) is 13.7. The number of nitrogens with one attached hydrogen (secondary N) is 1. The molecule has 0 spiro atoms. The summed E-state index contributed by atoms with van der Waals surface area (Å²) < 4.78 is 29.5. The first kappa shape index (κ1) is 18.6. The molecule has 1 fully saturated rings. The number of fused-ring (bicyclic) bond motifs is 1. The van der Waals surface area contributed by atoms with E-state index in [0.29, 0.717) is 32.4 Å². The third kappa shape index (κ3) is 3.76. The first-order chi connectivity index (χ1) is 13.5. The van der Waals surface area contributed by atoms with Gasteiger partial charge in [-0.05, 0) is 49.2 Å². The maximum absolute atomic E-state index is 12.5. The molecule has 0 unspecified atom stereocenters. The standard InChI is InChI=1S/C19H21N5O3S/c25-19-7-4-14-23(19)15-8-10-16(11-9-15)28(26,27)20-12-3-6-18-22-21-17-5-1-2-13-24(17)18/h1-2,5,8-11,13,20H,3-4,6-7,12,14H2. The van der Waals surface area contributed by atoms with Crippen molar-refractivity contribution < 1.29 is 13.2 Å². The lowest BCUT2D eigenvalue weighted by atomic mass is 10.3. The van der Waals surface area contributed by atoms with Crippen LogP contribution in [0.5, 0.6) is 0 Å². The van der Waals surface area contributed by atoms with Crippen LogP contribution in [-0.4, -0.2) is 42.0 Å². The van der Waals surface area contributed by atoms with E-state index >= 15 is 0 Å². The highest BCUT2D eigenvalue weighted by molar-refractivity contribution is 7.89. The van der Waals surface area contributed by atoms with Crippen molar-refractivity contribution in [3.8, 4) is 0 Å². The fraction of sp³-hybridized carbons (Fsp3) is 0.316. The number of carbonyl (C=O) groups is 1. The van der Waals surface area contributed by atoms with E-state index in [1.54, 1.807) is 17.0 Å². The number of aromatic nitrogens is 3. The minimum Gasteiger partial charge on any atom is -0.312 e. The number of hydrogen-bond donors (Lipinski definition) is 1. The van der Waals surface area contributed by atoms with Gasteiger partial charge in [-0.15, -0.1) is 10.2 Å². The van der Waals surface area contributed by atoms with Crippen molar-refractivity contribution >= 4 is 27.3 Å². The van der Waals surface area contributed by atoms with Crippen LogP contribution in [0.3, 0.4) is 0 Å². The first-order valence-electron chi connectivity index (χ1n) is 9.23. The highest BCUT2D eigenvalue weighted by Crippen LogP contribution is 2.22. The van der Waals surface area contributed by atoms with Crippen LogP contribution >= 0.6 is 0 Å². The molecule has 146 valence electrons. The fourth-order valence-electron chi connectivity index (χ4n) is 3.32. The monoisotopic (exact) mass is 399 g/mol. The summed E-state index contributed by atoms with van der Waals surface area (Å²) in [6.07, 6.45) is 4.49. The van der Waals surface area contributed by atoms with Gasteiger partial charge in [0.1, 0.15) is 5.82 Å². The van der Waals surface area contributed by atoms with Crippen molar-refractivity contribution in [2.45, 2.75) is 30.6 Å². The number of amides is 1. The minimum absolute atomic E-state index is 0.0785. The van der Waals surface area contributed by atoms with Crippen LogP contribution in [-0.2, 0) is 21.2 Å². The van der Waals surface area contributed by atoms with Gasteiger partial charge in [-0.25, -0.2) is 13.1 Å². The van der Waals surface area contributed by atoms with Crippen molar-refractivity contribution in [1.82, 2.24) is 19.3 Å². The minimum atomic E-state index is -3.59. The largest absolute Gasteiger partial charge is 0.312 e. The summed E-state index contributed by atoms with van der Waals surface area (Å²) in [6.45, 7) is 0.983. The highest BCUT2D eigenvalue weighted by Gasteiger charge is 2.22. The number of aryl methyl sites for hydroxylation is 1. The van der Waals surface area contributed by atoms with Crippen LogP contribution in [0.2, 0.25) is 0 Å². The van der Waals surface area contributed by atoms with Crippen LogP contribution in [0.1, 0.15) is 25.1 Å². The molecular formula is C19H21N5O3S. The number of nitrogens with zero attached hydrogens (tertiary/aromatic N) is 4. The van der Waals surface area contributed by atoms with Gasteiger partial charge in [-0.2, -0.15) is 0 Å². The second kappa shape index (κ2) is 7.69. The van der Waals surface area contributed by atoms with Gasteiger partial charge in [0.05, 0.1) is 4.90 Å². The molecule has 1 amide bonds. The predicted octanol–water partition coefficient (Wildman–Crippen LogP) is 1.77. The molecule has 1 saturated heterocycles. The van der Waals surface area contributed by atoms with Gasteiger partial charge in [-0.3, -0.25) is 9.20 Å². The highest BCUT2D eigenvalue weighted by atomic mass is 32.2. The van der Waals surface area contributed by atoms with Crippen molar-refractivity contribution in [1.29, 1.82) is 0 Å². The Bertz CT molecular complexity index is 1090. The maximum Gasteiger partial charge on any atom is 0.240 e. The van der Waals surface area contributed by atoms with E-state index in [9.17, 15) is 13.2 Å². The smallest absolute Gasteiger partial charge is 0.240 e. The second-order valence-electron chi connectivity index (χ2n) is 6.69. The van der Waals surface area contributed by atoms with E-state index in [1.165, 1.54) is 12.1 Å². The van der Waals surface area contributed by atoms with Crippen LogP contribution in [0.4, 0.5) is 5.69 Å². The molecule has 2 aromatic heterocycles. The van der Waals surface area contributed by atoms with Gasteiger partial charge in [0.25, 0.3) is 0 Å². The summed E-state index contributed by atoms with van der Waals surface area (Å²) in [5.74, 6) is 0.879. The van der Waals surface area contributed by atoms with Gasteiger partial charge in [0, 0.05) is 37.8 Å². The lowest BCUT2D eigenvalue weighted by Crippen LogP contribution is -2.26. The Morgan fingerprint density at radius 1 is 1.07 bits per heavy atom. The van der Waals surface area contributed by atoms with E-state index in [0.717, 1.165) is 23.6 Å². The first-order valence-corrected chi connectivity index (χ1v) is 10.7. The second-order valence-corrected chi connectivity index (χ2v) is 8.46. The number of sulfonamides is 1. The molecule has 28 heavy (non-hydrogen) atoms. The van der Waals surface area contributed by atoms with Crippen molar-refractivity contribution in [2.24, 2.45) is 0 Å². The molecule has 1 aliphatic rings. The van der Waals surface area contributed by atoms with Crippen molar-refractivity contribution in [3.63, 3.8) is 0 Å². The third-order valence-corrected chi connectivity index (χ3v) is 6.26. The molecule has 0 saturated carbocycles. The molecule has 8 nitrogen and oxygen atoms in total. The SMILES string of the molecule is O=C1CCCN1c1ccc(S(=O)(=O)NCCCc2nnc3ccccn23)cc1. The van der Waals surface area contributed by atoms with Gasteiger partial charge >= 0.3 is 0 Å². The zero-order valence-electron chi connectivity index (χ0n) is 15.3. The summed E-state index contributed by atoms with van der Waals surface area (Å²) in [6, 6.07) is 12.1. The Morgan fingerprint density at radius 3 is 2.64 bits per heavy atom. The molecule has 1 aliphatic heterocycles. The normalized spacial score (nSPS) is 14.9. The van der Waals surface area contributed by atoms with E-state index in [4.69, 9.17) is 0 Å². The quantitative estimate of drug-likeness (QED) is 0.611. The number of anilines is 1. The van der Waals surface area contributed by atoms with Crippen molar-refractivity contribution in [2.75, 3.05) is 18.0 Å². The van der Waals surface area contributed by atoms with E-state index in [1.807, 2.05) is 28.8 Å².